The average molecular weight is 495 g/mol. The van der Waals surface area contributed by atoms with Crippen LogP contribution in [0.2, 0.25) is 0 Å². The van der Waals surface area contributed by atoms with Gasteiger partial charge in [-0.15, -0.1) is 0 Å². The summed E-state index contributed by atoms with van der Waals surface area (Å²) in [5.74, 6) is 1.67. The van der Waals surface area contributed by atoms with Gasteiger partial charge in [0.25, 0.3) is 5.91 Å². The van der Waals surface area contributed by atoms with Gasteiger partial charge >= 0.3 is 0 Å². The maximum absolute atomic E-state index is 13.1. The van der Waals surface area contributed by atoms with Gasteiger partial charge in [0.1, 0.15) is 5.75 Å². The third kappa shape index (κ3) is 5.95. The van der Waals surface area contributed by atoms with Crippen molar-refractivity contribution in [1.29, 1.82) is 0 Å². The predicted octanol–water partition coefficient (Wildman–Crippen LogP) is 4.47. The van der Waals surface area contributed by atoms with Crippen molar-refractivity contribution in [3.05, 3.63) is 77.9 Å². The molecule has 1 amide bonds. The zero-order chi connectivity index (χ0) is 24.8. The van der Waals surface area contributed by atoms with Crippen molar-refractivity contribution in [3.8, 4) is 17.2 Å². The van der Waals surface area contributed by atoms with E-state index in [4.69, 9.17) is 13.7 Å². The van der Waals surface area contributed by atoms with E-state index in [1.165, 1.54) is 0 Å². The number of carbonyl (C=O) groups is 1. The number of rotatable bonds is 7. The molecular weight excluding hydrogens is 464 g/mol. The number of hydrogen-bond donors (Lipinski definition) is 0. The van der Waals surface area contributed by atoms with Crippen LogP contribution in [0, 0.1) is 6.92 Å². The third-order valence-electron chi connectivity index (χ3n) is 6.00. The average Bonchev–Trinajstić information content (AvgIpc) is 3.15. The quantitative estimate of drug-likeness (QED) is 0.483. The lowest BCUT2D eigenvalue weighted by Gasteiger charge is -2.24. The zero-order valence-electron chi connectivity index (χ0n) is 20.2. The first-order valence-electron chi connectivity index (χ1n) is 11.5. The van der Waals surface area contributed by atoms with Gasteiger partial charge in [-0.05, 0) is 67.9 Å². The van der Waals surface area contributed by atoms with Crippen LogP contribution in [0.1, 0.15) is 22.3 Å². The van der Waals surface area contributed by atoms with Crippen LogP contribution in [-0.2, 0) is 11.1 Å². The molecule has 0 saturated carbocycles. The molecule has 0 aromatic heterocycles. The van der Waals surface area contributed by atoms with E-state index in [1.54, 1.807) is 32.4 Å². The molecule has 1 heterocycles. The second kappa shape index (κ2) is 11.3. The molecule has 8 heteroatoms. The Morgan fingerprint density at radius 1 is 0.829 bits per heavy atom. The number of amides is 1. The van der Waals surface area contributed by atoms with Crippen LogP contribution in [-0.4, -0.2) is 55.4 Å². The summed E-state index contributed by atoms with van der Waals surface area (Å²) in [6.45, 7) is 4.84. The molecule has 0 bridgehead atoms. The van der Waals surface area contributed by atoms with Crippen molar-refractivity contribution in [2.75, 3.05) is 45.3 Å². The van der Waals surface area contributed by atoms with Crippen LogP contribution < -0.4 is 18.6 Å². The lowest BCUT2D eigenvalue weighted by atomic mass is 10.1. The van der Waals surface area contributed by atoms with Gasteiger partial charge in [0, 0.05) is 37.4 Å². The fourth-order valence-electron chi connectivity index (χ4n) is 4.03. The van der Waals surface area contributed by atoms with Crippen molar-refractivity contribution in [3.63, 3.8) is 0 Å². The summed E-state index contributed by atoms with van der Waals surface area (Å²) in [6, 6.07) is 20.3. The van der Waals surface area contributed by atoms with E-state index in [9.17, 15) is 9.00 Å². The van der Waals surface area contributed by atoms with E-state index in [-0.39, 0.29) is 5.91 Å². The molecule has 3 aromatic rings. The molecule has 0 radical (unpaired) electrons. The van der Waals surface area contributed by atoms with Crippen LogP contribution >= 0.6 is 0 Å². The molecule has 1 atom stereocenters. The van der Waals surface area contributed by atoms with Gasteiger partial charge in [-0.3, -0.25) is 4.79 Å². The molecule has 4 rings (SSSR count). The molecule has 7 nitrogen and oxygen atoms in total. The van der Waals surface area contributed by atoms with E-state index < -0.39 is 11.1 Å². The fraction of sp³-hybridized carbons (Fsp3) is 0.296. The largest absolute Gasteiger partial charge is 0.493 e. The van der Waals surface area contributed by atoms with Crippen LogP contribution in [0.3, 0.4) is 0 Å². The number of aryl methyl sites for hydroxylation is 1. The van der Waals surface area contributed by atoms with Crippen LogP contribution in [0.25, 0.3) is 0 Å². The smallest absolute Gasteiger partial charge is 0.254 e. The van der Waals surface area contributed by atoms with Crippen LogP contribution in [0.15, 0.2) is 71.6 Å². The Labute approximate surface area is 208 Å². The highest BCUT2D eigenvalue weighted by molar-refractivity contribution is 7.80. The van der Waals surface area contributed by atoms with Crippen molar-refractivity contribution < 1.29 is 22.7 Å². The molecule has 1 aliphatic heterocycles. The van der Waals surface area contributed by atoms with Gasteiger partial charge in [0.15, 0.2) is 11.5 Å². The highest BCUT2D eigenvalue weighted by Gasteiger charge is 2.22. The topological polar surface area (TPSA) is 68.3 Å². The van der Waals surface area contributed by atoms with Gasteiger partial charge in [0.2, 0.25) is 11.1 Å². The molecule has 1 aliphatic rings. The first-order chi connectivity index (χ1) is 17.0. The Kier molecular flexibility index (Phi) is 7.92. The molecular formula is C27H30N2O5S. The molecule has 0 aliphatic carbocycles. The SMILES string of the molecule is COc1ccc(C(=O)N2CCCN(c3ccc(OS(=O)c4ccc(C)cc4)cc3)CC2)cc1OC. The summed E-state index contributed by atoms with van der Waals surface area (Å²) in [6.07, 6.45) is 0.856. The molecule has 3 aromatic carbocycles. The molecule has 35 heavy (non-hydrogen) atoms. The van der Waals surface area contributed by atoms with E-state index in [0.29, 0.717) is 47.3 Å². The Morgan fingerprint density at radius 2 is 1.54 bits per heavy atom. The van der Waals surface area contributed by atoms with E-state index >= 15 is 0 Å². The summed E-state index contributed by atoms with van der Waals surface area (Å²) in [5, 5.41) is 0. The normalized spacial score (nSPS) is 14.7. The summed E-state index contributed by atoms with van der Waals surface area (Å²) < 4.78 is 28.7. The molecule has 184 valence electrons. The molecule has 1 fully saturated rings. The van der Waals surface area contributed by atoms with Crippen LogP contribution in [0.4, 0.5) is 5.69 Å². The number of benzene rings is 3. The highest BCUT2D eigenvalue weighted by Crippen LogP contribution is 2.28. The highest BCUT2D eigenvalue weighted by atomic mass is 32.2. The van der Waals surface area contributed by atoms with Crippen molar-refractivity contribution in [1.82, 2.24) is 4.90 Å². The minimum Gasteiger partial charge on any atom is -0.493 e. The molecule has 1 saturated heterocycles. The minimum atomic E-state index is -1.56. The minimum absolute atomic E-state index is 0.0184. The first kappa shape index (κ1) is 24.6. The molecule has 1 unspecified atom stereocenters. The van der Waals surface area contributed by atoms with E-state index in [1.807, 2.05) is 60.4 Å². The van der Waals surface area contributed by atoms with Gasteiger partial charge in [-0.2, -0.15) is 0 Å². The lowest BCUT2D eigenvalue weighted by molar-refractivity contribution is 0.0766. The van der Waals surface area contributed by atoms with Gasteiger partial charge in [-0.25, -0.2) is 4.21 Å². The van der Waals surface area contributed by atoms with Gasteiger partial charge in [0.05, 0.1) is 19.1 Å². The maximum Gasteiger partial charge on any atom is 0.254 e. The van der Waals surface area contributed by atoms with Gasteiger partial charge in [-0.1, -0.05) is 17.7 Å². The summed E-state index contributed by atoms with van der Waals surface area (Å²) in [7, 11) is 3.14. The first-order valence-corrected chi connectivity index (χ1v) is 12.6. The Bertz CT molecular complexity index is 1180. The number of anilines is 1. The Balaban J connectivity index is 1.37. The Hall–Kier alpha value is -3.52. The fourth-order valence-corrected chi connectivity index (χ4v) is 4.77. The number of nitrogens with zero attached hydrogens (tertiary/aromatic N) is 2. The number of carbonyl (C=O) groups excluding carboxylic acids is 1. The van der Waals surface area contributed by atoms with E-state index in [0.717, 1.165) is 24.2 Å². The number of ether oxygens (including phenoxy) is 2. The van der Waals surface area contributed by atoms with Crippen molar-refractivity contribution in [2.45, 2.75) is 18.2 Å². The second-order valence-electron chi connectivity index (χ2n) is 8.33. The number of hydrogen-bond acceptors (Lipinski definition) is 6. The predicted molar refractivity (Wildman–Crippen MR) is 137 cm³/mol. The summed E-state index contributed by atoms with van der Waals surface area (Å²) in [5.41, 5.74) is 2.73. The number of methoxy groups -OCH3 is 2. The second-order valence-corrected chi connectivity index (χ2v) is 9.44. The molecule has 0 spiro atoms. The maximum atomic E-state index is 13.1. The van der Waals surface area contributed by atoms with Gasteiger partial charge < -0.3 is 23.5 Å². The summed E-state index contributed by atoms with van der Waals surface area (Å²) in [4.78, 5) is 17.9. The standard InChI is InChI=1S/C27H30N2O5S/c1-20-5-12-24(13-6-20)35(31)34-23-10-8-22(9-11-23)28-15-4-16-29(18-17-28)27(30)21-7-14-25(32-2)26(19-21)33-3/h5-14,19H,4,15-18H2,1-3H3. The van der Waals surface area contributed by atoms with Crippen molar-refractivity contribution in [2.24, 2.45) is 0 Å². The third-order valence-corrected chi connectivity index (χ3v) is 7.00. The monoisotopic (exact) mass is 494 g/mol. The van der Waals surface area contributed by atoms with E-state index in [2.05, 4.69) is 4.90 Å². The van der Waals surface area contributed by atoms with Crippen molar-refractivity contribution >= 4 is 22.7 Å². The molecule has 0 N–H and O–H groups in total. The Morgan fingerprint density at radius 3 is 2.23 bits per heavy atom. The lowest BCUT2D eigenvalue weighted by Crippen LogP contribution is -2.35. The summed E-state index contributed by atoms with van der Waals surface area (Å²) >= 11 is -1.56. The zero-order valence-corrected chi connectivity index (χ0v) is 21.0. The van der Waals surface area contributed by atoms with Crippen LogP contribution in [0.5, 0.6) is 17.2 Å².